The molecule has 0 aromatic heterocycles. The van der Waals surface area contributed by atoms with Crippen molar-refractivity contribution in [1.29, 1.82) is 0 Å². The maximum absolute atomic E-state index is 13.4. The molecular weight excluding hydrogens is 245 g/mol. The summed E-state index contributed by atoms with van der Waals surface area (Å²) < 4.78 is 13.4. The maximum atomic E-state index is 13.4. The van der Waals surface area contributed by atoms with Crippen LogP contribution in [0.3, 0.4) is 0 Å². The number of carbonyl (C=O) groups excluding carboxylic acids is 1. The van der Waals surface area contributed by atoms with Crippen LogP contribution in [0.2, 0.25) is 0 Å². The molecule has 3 N–H and O–H groups in total. The number of hydrazine groups is 1. The first-order valence-corrected chi connectivity index (χ1v) is 6.59. The molecule has 1 fully saturated rings. The van der Waals surface area contributed by atoms with Crippen LogP contribution in [0.5, 0.6) is 0 Å². The zero-order chi connectivity index (χ0) is 13.8. The van der Waals surface area contributed by atoms with Gasteiger partial charge in [-0.05, 0) is 19.9 Å². The fraction of sp³-hybridized carbons (Fsp3) is 0.500. The molecule has 1 aromatic rings. The highest BCUT2D eigenvalue weighted by atomic mass is 19.1. The lowest BCUT2D eigenvalue weighted by molar-refractivity contribution is -0.122. The topological polar surface area (TPSA) is 53.2 Å². The fourth-order valence-electron chi connectivity index (χ4n) is 2.39. The van der Waals surface area contributed by atoms with Gasteiger partial charge in [-0.3, -0.25) is 15.6 Å². The first-order valence-electron chi connectivity index (χ1n) is 6.59. The third kappa shape index (κ3) is 3.52. The van der Waals surface area contributed by atoms with Crippen molar-refractivity contribution in [3.63, 3.8) is 0 Å². The number of hydrogen-bond donors (Lipinski definition) is 3. The number of hydrogen-bond acceptors (Lipinski definition) is 3. The highest BCUT2D eigenvalue weighted by Crippen LogP contribution is 2.18. The third-order valence-electron chi connectivity index (χ3n) is 3.68. The van der Waals surface area contributed by atoms with Crippen LogP contribution >= 0.6 is 0 Å². The fourth-order valence-corrected chi connectivity index (χ4v) is 2.39. The molecule has 1 aliphatic heterocycles. The molecule has 2 rings (SSSR count). The largest absolute Gasteiger partial charge is 0.352 e. The van der Waals surface area contributed by atoms with Gasteiger partial charge in [-0.15, -0.1) is 0 Å². The van der Waals surface area contributed by atoms with Gasteiger partial charge in [-0.1, -0.05) is 18.2 Å². The van der Waals surface area contributed by atoms with Gasteiger partial charge in [0.15, 0.2) is 0 Å². The van der Waals surface area contributed by atoms with Gasteiger partial charge in [0, 0.05) is 36.5 Å². The van der Waals surface area contributed by atoms with Crippen LogP contribution < -0.4 is 16.2 Å². The molecule has 0 radical (unpaired) electrons. The Morgan fingerprint density at radius 2 is 1.89 bits per heavy atom. The summed E-state index contributed by atoms with van der Waals surface area (Å²) >= 11 is 0. The summed E-state index contributed by atoms with van der Waals surface area (Å²) in [5.41, 5.74) is 6.75. The van der Waals surface area contributed by atoms with Crippen molar-refractivity contribution in [1.82, 2.24) is 16.2 Å². The second-order valence-electron chi connectivity index (χ2n) is 5.10. The second-order valence-corrected chi connectivity index (χ2v) is 5.10. The summed E-state index contributed by atoms with van der Waals surface area (Å²) in [5.74, 6) is -0.0770. The van der Waals surface area contributed by atoms with Crippen LogP contribution in [0.15, 0.2) is 24.3 Å². The highest BCUT2D eigenvalue weighted by molar-refractivity contribution is 5.76. The van der Waals surface area contributed by atoms with Crippen molar-refractivity contribution < 1.29 is 9.18 Å². The van der Waals surface area contributed by atoms with E-state index in [0.29, 0.717) is 12.0 Å². The summed E-state index contributed by atoms with van der Waals surface area (Å²) in [6.45, 7) is 4.33. The van der Waals surface area contributed by atoms with Crippen molar-refractivity contribution >= 4 is 5.91 Å². The Morgan fingerprint density at radius 1 is 1.26 bits per heavy atom. The molecule has 1 heterocycles. The van der Waals surface area contributed by atoms with Crippen molar-refractivity contribution in [2.24, 2.45) is 5.92 Å². The molecule has 1 aromatic carbocycles. The lowest BCUT2D eigenvalue weighted by Crippen LogP contribution is -2.32. The average molecular weight is 265 g/mol. The molecular formula is C14H20FN3O. The van der Waals surface area contributed by atoms with E-state index < -0.39 is 0 Å². The lowest BCUT2D eigenvalue weighted by atomic mass is 9.93. The molecule has 5 heteroatoms. The first-order chi connectivity index (χ1) is 9.08. The minimum Gasteiger partial charge on any atom is -0.352 e. The van der Waals surface area contributed by atoms with Crippen LogP contribution in [0.25, 0.3) is 0 Å². The normalized spacial score (nSPS) is 26.4. The van der Waals surface area contributed by atoms with E-state index in [4.69, 9.17) is 0 Å². The van der Waals surface area contributed by atoms with E-state index >= 15 is 0 Å². The molecule has 19 heavy (non-hydrogen) atoms. The summed E-state index contributed by atoms with van der Waals surface area (Å²) in [6, 6.07) is 7.00. The standard InChI is InChI=1S/C14H20FN3O/c1-9-12(10(2)18-17-9)7-14(19)16-8-11-5-3-4-6-13(11)15/h3-6,9-10,12,17-18H,7-8H2,1-2H3,(H,16,19). The number of carbonyl (C=O) groups is 1. The van der Waals surface area contributed by atoms with Gasteiger partial charge in [0.05, 0.1) is 0 Å². The zero-order valence-electron chi connectivity index (χ0n) is 11.2. The Labute approximate surface area is 112 Å². The Morgan fingerprint density at radius 3 is 2.53 bits per heavy atom. The number of nitrogens with one attached hydrogen (secondary N) is 3. The van der Waals surface area contributed by atoms with Gasteiger partial charge in [-0.2, -0.15) is 0 Å². The minimum absolute atomic E-state index is 0.0440. The molecule has 1 saturated heterocycles. The monoisotopic (exact) mass is 265 g/mol. The Bertz CT molecular complexity index is 442. The first kappa shape index (κ1) is 14.0. The van der Waals surface area contributed by atoms with Crippen LogP contribution in [-0.4, -0.2) is 18.0 Å². The summed E-state index contributed by atoms with van der Waals surface area (Å²) in [6.07, 6.45) is 0.441. The summed E-state index contributed by atoms with van der Waals surface area (Å²) in [4.78, 5) is 11.9. The van der Waals surface area contributed by atoms with Crippen LogP contribution in [-0.2, 0) is 11.3 Å². The van der Waals surface area contributed by atoms with Crippen molar-refractivity contribution in [2.45, 2.75) is 38.9 Å². The summed E-state index contributed by atoms with van der Waals surface area (Å²) in [7, 11) is 0. The number of halogens is 1. The third-order valence-corrected chi connectivity index (χ3v) is 3.68. The number of benzene rings is 1. The van der Waals surface area contributed by atoms with E-state index in [1.165, 1.54) is 6.07 Å². The smallest absolute Gasteiger partial charge is 0.220 e. The van der Waals surface area contributed by atoms with E-state index in [2.05, 4.69) is 16.2 Å². The van der Waals surface area contributed by atoms with Crippen LogP contribution in [0, 0.1) is 11.7 Å². The van der Waals surface area contributed by atoms with Gasteiger partial charge in [-0.25, -0.2) is 4.39 Å². The molecule has 1 amide bonds. The van der Waals surface area contributed by atoms with E-state index in [9.17, 15) is 9.18 Å². The van der Waals surface area contributed by atoms with Gasteiger partial charge in [0.25, 0.3) is 0 Å². The number of rotatable bonds is 4. The maximum Gasteiger partial charge on any atom is 0.220 e. The number of amides is 1. The van der Waals surface area contributed by atoms with Gasteiger partial charge in [0.1, 0.15) is 5.82 Å². The van der Waals surface area contributed by atoms with Crippen molar-refractivity contribution in [2.75, 3.05) is 0 Å². The summed E-state index contributed by atoms with van der Waals surface area (Å²) in [5, 5.41) is 2.77. The average Bonchev–Trinajstić information content (AvgIpc) is 2.70. The molecule has 0 bridgehead atoms. The second kappa shape index (κ2) is 6.12. The molecule has 0 spiro atoms. The van der Waals surface area contributed by atoms with Crippen LogP contribution in [0.4, 0.5) is 4.39 Å². The molecule has 104 valence electrons. The predicted octanol–water partition coefficient (Wildman–Crippen LogP) is 1.33. The van der Waals surface area contributed by atoms with Crippen molar-refractivity contribution in [3.05, 3.63) is 35.6 Å². The molecule has 0 saturated carbocycles. The van der Waals surface area contributed by atoms with Crippen LogP contribution in [0.1, 0.15) is 25.8 Å². The Hall–Kier alpha value is -1.46. The highest BCUT2D eigenvalue weighted by Gasteiger charge is 2.31. The van der Waals surface area contributed by atoms with Gasteiger partial charge < -0.3 is 5.32 Å². The van der Waals surface area contributed by atoms with Crippen molar-refractivity contribution in [3.8, 4) is 0 Å². The van der Waals surface area contributed by atoms with Gasteiger partial charge in [0.2, 0.25) is 5.91 Å². The quantitative estimate of drug-likeness (QED) is 0.770. The Kier molecular flexibility index (Phi) is 4.50. The lowest BCUT2D eigenvalue weighted by Gasteiger charge is -2.17. The molecule has 2 unspecified atom stereocenters. The van der Waals surface area contributed by atoms with E-state index in [0.717, 1.165) is 0 Å². The zero-order valence-corrected chi connectivity index (χ0v) is 11.2. The van der Waals surface area contributed by atoms with E-state index in [1.807, 2.05) is 13.8 Å². The molecule has 1 aliphatic rings. The molecule has 4 nitrogen and oxygen atoms in total. The molecule has 0 aliphatic carbocycles. The minimum atomic E-state index is -0.284. The SMILES string of the molecule is CC1NNC(C)C1CC(=O)NCc1ccccc1F. The predicted molar refractivity (Wildman–Crippen MR) is 71.5 cm³/mol. The van der Waals surface area contributed by atoms with E-state index in [-0.39, 0.29) is 36.3 Å². The Balaban J connectivity index is 1.84. The van der Waals surface area contributed by atoms with Gasteiger partial charge >= 0.3 is 0 Å². The van der Waals surface area contributed by atoms with E-state index in [1.54, 1.807) is 18.2 Å². The molecule has 2 atom stereocenters.